The van der Waals surface area contributed by atoms with Crippen LogP contribution in [-0.2, 0) is 11.8 Å². The number of carbonyl (C=O) groups is 1. The van der Waals surface area contributed by atoms with E-state index in [2.05, 4.69) is 24.7 Å². The summed E-state index contributed by atoms with van der Waals surface area (Å²) in [4.78, 5) is 21.4. The molecule has 3 N–H and O–H groups in total. The molecular weight excluding hydrogens is 411 g/mol. The minimum Gasteiger partial charge on any atom is -0.367 e. The zero-order valence-electron chi connectivity index (χ0n) is 14.9. The number of rotatable bonds is 3. The lowest BCUT2D eigenvalue weighted by molar-refractivity contribution is -0.135. The molecular formula is C15H24Cl2N8OS. The van der Waals surface area contributed by atoms with Crippen molar-refractivity contribution in [2.45, 2.75) is 5.92 Å². The molecule has 0 aliphatic carbocycles. The average molecular weight is 435 g/mol. The number of nitrogens with one attached hydrogen (secondary N) is 1. The Hall–Kier alpha value is -1.62. The van der Waals surface area contributed by atoms with Gasteiger partial charge >= 0.3 is 0 Å². The first-order valence-corrected chi connectivity index (χ1v) is 9.21. The Kier molecular flexibility index (Phi) is 7.26. The summed E-state index contributed by atoms with van der Waals surface area (Å²) >= 11 is 1.31. The maximum Gasteiger partial charge on any atom is 0.233 e. The molecule has 150 valence electrons. The van der Waals surface area contributed by atoms with E-state index in [0.29, 0.717) is 19.0 Å². The molecule has 12 heteroatoms. The molecule has 2 fully saturated rings. The molecule has 0 radical (unpaired) electrons. The number of nitrogens with two attached hydrogens (primary N) is 1. The second-order valence-corrected chi connectivity index (χ2v) is 7.30. The number of aromatic nitrogens is 4. The summed E-state index contributed by atoms with van der Waals surface area (Å²) in [5.41, 5.74) is 6.73. The van der Waals surface area contributed by atoms with Gasteiger partial charge in [0.2, 0.25) is 17.0 Å². The molecule has 0 bridgehead atoms. The van der Waals surface area contributed by atoms with E-state index in [-0.39, 0.29) is 42.6 Å². The summed E-state index contributed by atoms with van der Waals surface area (Å²) in [6.07, 6.45) is 3.88. The summed E-state index contributed by atoms with van der Waals surface area (Å²) in [5, 5.41) is 8.44. The van der Waals surface area contributed by atoms with E-state index in [1.54, 1.807) is 4.68 Å². The number of anilines is 2. The molecule has 0 saturated carbocycles. The second-order valence-electron chi connectivity index (χ2n) is 6.57. The van der Waals surface area contributed by atoms with Crippen LogP contribution >= 0.6 is 36.3 Å². The fourth-order valence-electron chi connectivity index (χ4n) is 3.63. The molecule has 2 saturated heterocycles. The van der Waals surface area contributed by atoms with Gasteiger partial charge in [0.05, 0.1) is 12.1 Å². The molecule has 2 aliphatic heterocycles. The van der Waals surface area contributed by atoms with Crippen LogP contribution in [0.4, 0.5) is 11.1 Å². The number of amides is 1. The van der Waals surface area contributed by atoms with Crippen LogP contribution in [0.3, 0.4) is 0 Å². The fourth-order valence-corrected chi connectivity index (χ4v) is 4.28. The molecule has 0 unspecified atom stereocenters. The average Bonchev–Trinajstić information content (AvgIpc) is 3.34. The molecule has 2 aromatic heterocycles. The molecule has 2 aliphatic rings. The van der Waals surface area contributed by atoms with E-state index in [1.807, 2.05) is 24.3 Å². The summed E-state index contributed by atoms with van der Waals surface area (Å²) in [7, 11) is 1.90. The Morgan fingerprint density at radius 3 is 2.59 bits per heavy atom. The van der Waals surface area contributed by atoms with Gasteiger partial charge in [-0.2, -0.15) is 14.5 Å². The predicted molar refractivity (Wildman–Crippen MR) is 110 cm³/mol. The predicted octanol–water partition coefficient (Wildman–Crippen LogP) is 0.349. The summed E-state index contributed by atoms with van der Waals surface area (Å²) < 4.78 is 5.82. The maximum atomic E-state index is 13.0. The topological polar surface area (TPSA) is 105 Å². The monoisotopic (exact) mass is 434 g/mol. The van der Waals surface area contributed by atoms with Gasteiger partial charge in [-0.05, 0) is 5.56 Å². The first kappa shape index (κ1) is 21.7. The third kappa shape index (κ3) is 4.45. The third-order valence-corrected chi connectivity index (χ3v) is 5.77. The van der Waals surface area contributed by atoms with Crippen LogP contribution in [0, 0.1) is 5.92 Å². The summed E-state index contributed by atoms with van der Waals surface area (Å²) in [6, 6.07) is 0. The first-order valence-electron chi connectivity index (χ1n) is 8.44. The van der Waals surface area contributed by atoms with Crippen molar-refractivity contribution >= 4 is 53.3 Å². The van der Waals surface area contributed by atoms with Gasteiger partial charge in [-0.3, -0.25) is 9.48 Å². The minimum absolute atomic E-state index is 0. The normalized spacial score (nSPS) is 22.3. The van der Waals surface area contributed by atoms with Gasteiger partial charge in [-0.25, -0.2) is 0 Å². The van der Waals surface area contributed by atoms with Gasteiger partial charge in [0.25, 0.3) is 0 Å². The Morgan fingerprint density at radius 1 is 1.26 bits per heavy atom. The van der Waals surface area contributed by atoms with Gasteiger partial charge in [-0.1, -0.05) is 0 Å². The Balaban J connectivity index is 0.00000131. The standard InChI is InChI=1S/C15H22N8OS.2ClH/c1-21-9-10(6-18-21)11-7-17-8-12(11)13(24)22-2-4-23(5-3-22)15-19-14(16)20-25-15;;/h6,9,11-12,17H,2-5,7-8H2,1H3,(H2,16,20);2*1H/t11-,12+;;/m1../s1. The number of nitrogen functional groups attached to an aromatic ring is 1. The quantitative estimate of drug-likeness (QED) is 0.717. The smallest absolute Gasteiger partial charge is 0.233 e. The second kappa shape index (κ2) is 9.05. The van der Waals surface area contributed by atoms with E-state index < -0.39 is 0 Å². The molecule has 0 spiro atoms. The van der Waals surface area contributed by atoms with Crippen LogP contribution in [-0.4, -0.2) is 69.2 Å². The Morgan fingerprint density at radius 2 is 2.00 bits per heavy atom. The van der Waals surface area contributed by atoms with Gasteiger partial charge in [-0.15, -0.1) is 24.8 Å². The van der Waals surface area contributed by atoms with Crippen LogP contribution in [0.2, 0.25) is 0 Å². The van der Waals surface area contributed by atoms with E-state index in [1.165, 1.54) is 11.5 Å². The lowest BCUT2D eigenvalue weighted by Gasteiger charge is -2.36. The lowest BCUT2D eigenvalue weighted by Crippen LogP contribution is -2.51. The number of aryl methyl sites for hydroxylation is 1. The molecule has 2 aromatic rings. The SMILES string of the molecule is Cl.Cl.Cn1cc([C@H]2CNC[C@@H]2C(=O)N2CCN(c3nc(N)ns3)CC2)cn1. The zero-order valence-corrected chi connectivity index (χ0v) is 17.4. The number of carbonyl (C=O) groups excluding carboxylic acids is 1. The van der Waals surface area contributed by atoms with Gasteiger partial charge in [0.1, 0.15) is 0 Å². The highest BCUT2D eigenvalue weighted by atomic mass is 35.5. The number of hydrogen-bond acceptors (Lipinski definition) is 8. The fraction of sp³-hybridized carbons (Fsp3) is 0.600. The van der Waals surface area contributed by atoms with Gasteiger partial charge in [0, 0.05) is 70.0 Å². The highest BCUT2D eigenvalue weighted by molar-refractivity contribution is 7.09. The van der Waals surface area contributed by atoms with E-state index in [9.17, 15) is 4.79 Å². The molecule has 4 heterocycles. The van der Waals surface area contributed by atoms with Crippen molar-refractivity contribution in [3.63, 3.8) is 0 Å². The van der Waals surface area contributed by atoms with Crippen molar-refractivity contribution < 1.29 is 4.79 Å². The maximum absolute atomic E-state index is 13.0. The number of halogens is 2. The number of piperazine rings is 1. The molecule has 4 rings (SSSR count). The first-order chi connectivity index (χ1) is 12.1. The van der Waals surface area contributed by atoms with Crippen LogP contribution in [0.25, 0.3) is 0 Å². The third-order valence-electron chi connectivity index (χ3n) is 4.98. The van der Waals surface area contributed by atoms with Crippen LogP contribution in [0.1, 0.15) is 11.5 Å². The van der Waals surface area contributed by atoms with Crippen molar-refractivity contribution in [3.05, 3.63) is 18.0 Å². The lowest BCUT2D eigenvalue weighted by atomic mass is 9.89. The summed E-state index contributed by atoms with van der Waals surface area (Å²) in [5.74, 6) is 0.722. The van der Waals surface area contributed by atoms with Gasteiger partial charge in [0.15, 0.2) is 0 Å². The highest BCUT2D eigenvalue weighted by Crippen LogP contribution is 2.30. The minimum atomic E-state index is -0.0204. The Labute approximate surface area is 174 Å². The van der Waals surface area contributed by atoms with Crippen LogP contribution < -0.4 is 16.0 Å². The van der Waals surface area contributed by atoms with Crippen molar-refractivity contribution in [1.29, 1.82) is 0 Å². The molecule has 2 atom stereocenters. The van der Waals surface area contributed by atoms with Crippen molar-refractivity contribution in [3.8, 4) is 0 Å². The number of nitrogens with zero attached hydrogens (tertiary/aromatic N) is 6. The number of hydrogen-bond donors (Lipinski definition) is 2. The van der Waals surface area contributed by atoms with Crippen molar-refractivity contribution in [2.24, 2.45) is 13.0 Å². The van der Waals surface area contributed by atoms with E-state index in [4.69, 9.17) is 5.73 Å². The Bertz CT molecular complexity index is 761. The summed E-state index contributed by atoms with van der Waals surface area (Å²) in [6.45, 7) is 4.48. The van der Waals surface area contributed by atoms with Crippen molar-refractivity contribution in [2.75, 3.05) is 49.9 Å². The van der Waals surface area contributed by atoms with Crippen LogP contribution in [0.15, 0.2) is 12.4 Å². The molecule has 9 nitrogen and oxygen atoms in total. The van der Waals surface area contributed by atoms with Crippen molar-refractivity contribution in [1.82, 2.24) is 29.4 Å². The molecule has 27 heavy (non-hydrogen) atoms. The largest absolute Gasteiger partial charge is 0.367 e. The van der Waals surface area contributed by atoms with Crippen LogP contribution in [0.5, 0.6) is 0 Å². The van der Waals surface area contributed by atoms with E-state index in [0.717, 1.165) is 36.9 Å². The van der Waals surface area contributed by atoms with E-state index >= 15 is 0 Å². The molecule has 1 amide bonds. The highest BCUT2D eigenvalue weighted by Gasteiger charge is 2.38. The van der Waals surface area contributed by atoms with Gasteiger partial charge < -0.3 is 20.9 Å². The molecule has 0 aromatic carbocycles. The zero-order chi connectivity index (χ0) is 17.4.